The van der Waals surface area contributed by atoms with Crippen LogP contribution in [0.15, 0.2) is 23.2 Å². The molecule has 0 fully saturated rings. The van der Waals surface area contributed by atoms with Crippen LogP contribution in [-0.4, -0.2) is 11.2 Å². The number of aromatic hydroxyl groups is 1. The lowest BCUT2D eigenvalue weighted by Crippen LogP contribution is -1.87. The fraction of sp³-hybridized carbons (Fsp3) is 0.300. The summed E-state index contributed by atoms with van der Waals surface area (Å²) in [6.45, 7) is 0. The van der Waals surface area contributed by atoms with E-state index in [1.165, 1.54) is 0 Å². The van der Waals surface area contributed by atoms with Gasteiger partial charge in [-0.05, 0) is 30.0 Å². The SMILES string of the molecule is O=C=NC1CCc2c(O)cccc21. The fourth-order valence-electron chi connectivity index (χ4n) is 1.81. The van der Waals surface area contributed by atoms with Crippen LogP contribution in [0.25, 0.3) is 0 Å². The lowest BCUT2D eigenvalue weighted by Gasteiger charge is -2.03. The van der Waals surface area contributed by atoms with E-state index in [9.17, 15) is 9.90 Å². The maximum Gasteiger partial charge on any atom is 0.235 e. The molecule has 0 aromatic heterocycles. The largest absolute Gasteiger partial charge is 0.508 e. The van der Waals surface area contributed by atoms with Crippen LogP contribution in [0.2, 0.25) is 0 Å². The molecule has 0 saturated heterocycles. The quantitative estimate of drug-likeness (QED) is 0.521. The Balaban J connectivity index is 2.48. The number of hydrogen-bond donors (Lipinski definition) is 1. The Hall–Kier alpha value is -1.60. The highest BCUT2D eigenvalue weighted by atomic mass is 16.3. The second kappa shape index (κ2) is 3.04. The molecule has 0 heterocycles. The molecule has 1 aromatic rings. The third kappa shape index (κ3) is 1.23. The second-order valence-electron chi connectivity index (χ2n) is 3.12. The van der Waals surface area contributed by atoms with Gasteiger partial charge in [-0.3, -0.25) is 0 Å². The van der Waals surface area contributed by atoms with Gasteiger partial charge in [0.2, 0.25) is 6.08 Å². The standard InChI is InChI=1S/C10H9NO2/c12-6-11-9-5-4-8-7(9)2-1-3-10(8)13/h1-3,9,13H,4-5H2. The predicted molar refractivity (Wildman–Crippen MR) is 47.3 cm³/mol. The first kappa shape index (κ1) is 8.02. The molecule has 0 saturated carbocycles. The Labute approximate surface area is 75.7 Å². The van der Waals surface area contributed by atoms with Gasteiger partial charge in [-0.1, -0.05) is 12.1 Å². The summed E-state index contributed by atoms with van der Waals surface area (Å²) < 4.78 is 0. The minimum atomic E-state index is -0.0976. The summed E-state index contributed by atoms with van der Waals surface area (Å²) in [5.74, 6) is 0.307. The Morgan fingerprint density at radius 3 is 3.15 bits per heavy atom. The molecule has 1 aliphatic rings. The first-order valence-electron chi connectivity index (χ1n) is 4.20. The highest BCUT2D eigenvalue weighted by Crippen LogP contribution is 2.37. The molecule has 1 unspecified atom stereocenters. The van der Waals surface area contributed by atoms with E-state index in [1.54, 1.807) is 18.2 Å². The summed E-state index contributed by atoms with van der Waals surface area (Å²) in [5, 5.41) is 9.48. The van der Waals surface area contributed by atoms with Crippen molar-refractivity contribution in [1.29, 1.82) is 0 Å². The first-order valence-corrected chi connectivity index (χ1v) is 4.20. The van der Waals surface area contributed by atoms with Gasteiger partial charge in [0.15, 0.2) is 0 Å². The van der Waals surface area contributed by atoms with Crippen LogP contribution in [0.1, 0.15) is 23.6 Å². The number of nitrogens with zero attached hydrogens (tertiary/aromatic N) is 1. The fourth-order valence-corrected chi connectivity index (χ4v) is 1.81. The molecule has 0 radical (unpaired) electrons. The number of benzene rings is 1. The van der Waals surface area contributed by atoms with E-state index in [4.69, 9.17) is 0 Å². The van der Waals surface area contributed by atoms with Crippen LogP contribution in [0, 0.1) is 0 Å². The molecule has 1 N–H and O–H groups in total. The molecular weight excluding hydrogens is 166 g/mol. The van der Waals surface area contributed by atoms with Crippen molar-refractivity contribution < 1.29 is 9.90 Å². The minimum absolute atomic E-state index is 0.0976. The van der Waals surface area contributed by atoms with Crippen molar-refractivity contribution in [2.24, 2.45) is 4.99 Å². The number of isocyanates is 1. The zero-order valence-corrected chi connectivity index (χ0v) is 7.03. The highest BCUT2D eigenvalue weighted by Gasteiger charge is 2.23. The van der Waals surface area contributed by atoms with Crippen molar-refractivity contribution in [3.63, 3.8) is 0 Å². The Kier molecular flexibility index (Phi) is 1.87. The maximum absolute atomic E-state index is 10.1. The van der Waals surface area contributed by atoms with Gasteiger partial charge in [-0.2, -0.15) is 4.99 Å². The van der Waals surface area contributed by atoms with Crippen molar-refractivity contribution in [2.45, 2.75) is 18.9 Å². The van der Waals surface area contributed by atoms with E-state index in [0.717, 1.165) is 24.0 Å². The lowest BCUT2D eigenvalue weighted by molar-refractivity contribution is 0.469. The van der Waals surface area contributed by atoms with Crippen LogP contribution in [0.3, 0.4) is 0 Å². The third-order valence-corrected chi connectivity index (χ3v) is 2.42. The summed E-state index contributed by atoms with van der Waals surface area (Å²) in [5.41, 5.74) is 1.88. The molecule has 1 aromatic carbocycles. The predicted octanol–water partition coefficient (Wildman–Crippen LogP) is 1.72. The summed E-state index contributed by atoms with van der Waals surface area (Å²) in [6, 6.07) is 5.23. The van der Waals surface area contributed by atoms with Gasteiger partial charge >= 0.3 is 0 Å². The van der Waals surface area contributed by atoms with Gasteiger partial charge < -0.3 is 5.11 Å². The van der Waals surface area contributed by atoms with E-state index in [1.807, 2.05) is 6.07 Å². The van der Waals surface area contributed by atoms with Crippen molar-refractivity contribution in [1.82, 2.24) is 0 Å². The molecule has 1 atom stereocenters. The normalized spacial score (nSPS) is 19.2. The molecule has 0 spiro atoms. The van der Waals surface area contributed by atoms with Crippen molar-refractivity contribution in [3.05, 3.63) is 29.3 Å². The van der Waals surface area contributed by atoms with E-state index < -0.39 is 0 Å². The molecule has 0 amide bonds. The van der Waals surface area contributed by atoms with Gasteiger partial charge in [0.05, 0.1) is 6.04 Å². The van der Waals surface area contributed by atoms with E-state index in [2.05, 4.69) is 4.99 Å². The molecule has 3 heteroatoms. The zero-order valence-electron chi connectivity index (χ0n) is 7.03. The van der Waals surface area contributed by atoms with Crippen molar-refractivity contribution in [2.75, 3.05) is 0 Å². The van der Waals surface area contributed by atoms with Crippen LogP contribution < -0.4 is 0 Å². The molecule has 0 aliphatic heterocycles. The summed E-state index contributed by atoms with van der Waals surface area (Å²) in [6.07, 6.45) is 3.15. The Bertz CT molecular complexity index is 381. The number of aliphatic imine (C=N–C) groups is 1. The van der Waals surface area contributed by atoms with E-state index in [0.29, 0.717) is 5.75 Å². The van der Waals surface area contributed by atoms with Crippen LogP contribution in [-0.2, 0) is 11.2 Å². The van der Waals surface area contributed by atoms with Gasteiger partial charge in [0.1, 0.15) is 5.75 Å². The Morgan fingerprint density at radius 1 is 1.54 bits per heavy atom. The van der Waals surface area contributed by atoms with Crippen LogP contribution in [0.5, 0.6) is 5.75 Å². The van der Waals surface area contributed by atoms with Crippen LogP contribution in [0.4, 0.5) is 0 Å². The summed E-state index contributed by atoms with van der Waals surface area (Å²) >= 11 is 0. The van der Waals surface area contributed by atoms with Gasteiger partial charge in [-0.25, -0.2) is 4.79 Å². The smallest absolute Gasteiger partial charge is 0.235 e. The summed E-state index contributed by atoms with van der Waals surface area (Å²) in [4.78, 5) is 13.8. The van der Waals surface area contributed by atoms with Gasteiger partial charge in [0.25, 0.3) is 0 Å². The number of phenols is 1. The average molecular weight is 175 g/mol. The first-order chi connectivity index (χ1) is 6.33. The number of fused-ring (bicyclic) bond motifs is 1. The number of phenolic OH excluding ortho intramolecular Hbond substituents is 1. The number of hydrogen-bond acceptors (Lipinski definition) is 3. The van der Waals surface area contributed by atoms with E-state index >= 15 is 0 Å². The monoisotopic (exact) mass is 175 g/mol. The number of rotatable bonds is 1. The topological polar surface area (TPSA) is 49.7 Å². The Morgan fingerprint density at radius 2 is 2.38 bits per heavy atom. The second-order valence-corrected chi connectivity index (χ2v) is 3.12. The molecule has 1 aliphatic carbocycles. The van der Waals surface area contributed by atoms with Crippen LogP contribution >= 0.6 is 0 Å². The van der Waals surface area contributed by atoms with Crippen molar-refractivity contribution >= 4 is 6.08 Å². The number of carbonyl (C=O) groups excluding carboxylic acids is 1. The van der Waals surface area contributed by atoms with Crippen molar-refractivity contribution in [3.8, 4) is 5.75 Å². The maximum atomic E-state index is 10.1. The molecule has 0 bridgehead atoms. The average Bonchev–Trinajstić information content (AvgIpc) is 2.51. The molecule has 13 heavy (non-hydrogen) atoms. The highest BCUT2D eigenvalue weighted by molar-refractivity contribution is 5.46. The third-order valence-electron chi connectivity index (χ3n) is 2.42. The lowest BCUT2D eigenvalue weighted by atomic mass is 10.1. The molecule has 2 rings (SSSR count). The minimum Gasteiger partial charge on any atom is -0.508 e. The zero-order chi connectivity index (χ0) is 9.26. The molecule has 3 nitrogen and oxygen atoms in total. The molecule has 66 valence electrons. The van der Waals surface area contributed by atoms with Gasteiger partial charge in [0, 0.05) is 0 Å². The van der Waals surface area contributed by atoms with Gasteiger partial charge in [-0.15, -0.1) is 0 Å². The van der Waals surface area contributed by atoms with E-state index in [-0.39, 0.29) is 6.04 Å². The summed E-state index contributed by atoms with van der Waals surface area (Å²) in [7, 11) is 0. The molecular formula is C10H9NO2.